The number of hydrogen-bond acceptors (Lipinski definition) is 5. The fraction of sp³-hybridized carbons (Fsp3) is 0.250. The second-order valence-electron chi connectivity index (χ2n) is 5.35. The van der Waals surface area contributed by atoms with Crippen LogP contribution in [0.4, 0.5) is 11.5 Å². The predicted octanol–water partition coefficient (Wildman–Crippen LogP) is 1.66. The quantitative estimate of drug-likeness (QED) is 0.853. The maximum Gasteiger partial charge on any atom is 0.275 e. The van der Waals surface area contributed by atoms with Crippen LogP contribution in [0.15, 0.2) is 36.7 Å². The molecule has 2 heterocycles. The monoisotopic (exact) mass is 345 g/mol. The van der Waals surface area contributed by atoms with Crippen molar-refractivity contribution >= 4 is 35.4 Å². The van der Waals surface area contributed by atoms with Crippen molar-refractivity contribution in [2.45, 2.75) is 0 Å². The summed E-state index contributed by atoms with van der Waals surface area (Å²) in [7, 11) is 0. The molecule has 1 aromatic carbocycles. The Morgan fingerprint density at radius 1 is 1.17 bits per heavy atom. The second-order valence-corrected chi connectivity index (χ2v) is 5.79. The van der Waals surface area contributed by atoms with Gasteiger partial charge in [0.2, 0.25) is 6.41 Å². The van der Waals surface area contributed by atoms with Crippen molar-refractivity contribution in [1.82, 2.24) is 14.9 Å². The Labute approximate surface area is 144 Å². The molecule has 1 N–H and O–H groups in total. The van der Waals surface area contributed by atoms with E-state index in [0.29, 0.717) is 42.7 Å². The van der Waals surface area contributed by atoms with Gasteiger partial charge in [0.1, 0.15) is 11.5 Å². The summed E-state index contributed by atoms with van der Waals surface area (Å²) >= 11 is 5.89. The van der Waals surface area contributed by atoms with Crippen LogP contribution in [-0.2, 0) is 4.79 Å². The van der Waals surface area contributed by atoms with Crippen LogP contribution >= 0.6 is 11.6 Å². The highest BCUT2D eigenvalue weighted by atomic mass is 35.5. The fourth-order valence-corrected chi connectivity index (χ4v) is 2.61. The Morgan fingerprint density at radius 2 is 1.96 bits per heavy atom. The van der Waals surface area contributed by atoms with Gasteiger partial charge in [-0.3, -0.25) is 9.59 Å². The summed E-state index contributed by atoms with van der Waals surface area (Å²) in [5.41, 5.74) is 0.827. The number of nitrogens with zero attached hydrogens (tertiary/aromatic N) is 4. The first kappa shape index (κ1) is 16.2. The summed E-state index contributed by atoms with van der Waals surface area (Å²) in [6.07, 6.45) is 3.87. The maximum atomic E-state index is 12.2. The van der Waals surface area contributed by atoms with Gasteiger partial charge in [-0.25, -0.2) is 9.97 Å². The average molecular weight is 346 g/mol. The van der Waals surface area contributed by atoms with Gasteiger partial charge < -0.3 is 15.1 Å². The van der Waals surface area contributed by atoms with Gasteiger partial charge in [-0.1, -0.05) is 17.7 Å². The number of amides is 2. The third-order valence-electron chi connectivity index (χ3n) is 3.74. The molecule has 0 radical (unpaired) electrons. The number of carbonyl (C=O) groups excluding carboxylic acids is 2. The number of anilines is 2. The Bertz CT molecular complexity index is 730. The van der Waals surface area contributed by atoms with Crippen molar-refractivity contribution < 1.29 is 9.59 Å². The largest absolute Gasteiger partial charge is 0.352 e. The zero-order valence-electron chi connectivity index (χ0n) is 12.9. The van der Waals surface area contributed by atoms with E-state index in [0.717, 1.165) is 6.41 Å². The molecule has 1 fully saturated rings. The molecule has 1 aliphatic heterocycles. The number of piperazine rings is 1. The third-order valence-corrected chi connectivity index (χ3v) is 3.98. The highest BCUT2D eigenvalue weighted by Gasteiger charge is 2.17. The van der Waals surface area contributed by atoms with Crippen LogP contribution in [0, 0.1) is 0 Å². The molecule has 24 heavy (non-hydrogen) atoms. The van der Waals surface area contributed by atoms with E-state index in [2.05, 4.69) is 15.3 Å². The molecule has 0 saturated carbocycles. The van der Waals surface area contributed by atoms with Crippen molar-refractivity contribution in [1.29, 1.82) is 0 Å². The molecular weight excluding hydrogens is 330 g/mol. The Kier molecular flexibility index (Phi) is 4.90. The van der Waals surface area contributed by atoms with E-state index < -0.39 is 0 Å². The van der Waals surface area contributed by atoms with Crippen molar-refractivity contribution in [2.75, 3.05) is 36.4 Å². The van der Waals surface area contributed by atoms with Crippen LogP contribution in [0.25, 0.3) is 0 Å². The van der Waals surface area contributed by atoms with Crippen molar-refractivity contribution in [3.05, 3.63) is 47.4 Å². The summed E-state index contributed by atoms with van der Waals surface area (Å²) in [5, 5.41) is 3.27. The minimum atomic E-state index is -0.345. The van der Waals surface area contributed by atoms with E-state index in [1.807, 2.05) is 4.90 Å². The van der Waals surface area contributed by atoms with Crippen molar-refractivity contribution in [2.24, 2.45) is 0 Å². The lowest BCUT2D eigenvalue weighted by Crippen LogP contribution is -2.46. The lowest BCUT2D eigenvalue weighted by molar-refractivity contribution is -0.118. The SMILES string of the molecule is O=CN1CCN(c2cnc(C(=O)Nc3cccc(Cl)c3)cn2)CC1. The topological polar surface area (TPSA) is 78.4 Å². The first-order valence-corrected chi connectivity index (χ1v) is 7.87. The molecule has 1 saturated heterocycles. The highest BCUT2D eigenvalue weighted by Crippen LogP contribution is 2.16. The standard InChI is InChI=1S/C16H16ClN5O2/c17-12-2-1-3-13(8-12)20-16(24)14-9-19-15(10-18-14)22-6-4-21(11-23)5-7-22/h1-3,8-11H,4-7H2,(H,20,24). The summed E-state index contributed by atoms with van der Waals surface area (Å²) < 4.78 is 0. The van der Waals surface area contributed by atoms with Gasteiger partial charge in [-0.2, -0.15) is 0 Å². The number of aromatic nitrogens is 2. The van der Waals surface area contributed by atoms with Gasteiger partial charge in [0.15, 0.2) is 0 Å². The number of halogens is 1. The summed E-state index contributed by atoms with van der Waals surface area (Å²) in [6, 6.07) is 6.90. The van der Waals surface area contributed by atoms with E-state index in [9.17, 15) is 9.59 Å². The van der Waals surface area contributed by atoms with Gasteiger partial charge in [-0.05, 0) is 18.2 Å². The first-order chi connectivity index (χ1) is 11.7. The van der Waals surface area contributed by atoms with Gasteiger partial charge in [-0.15, -0.1) is 0 Å². The van der Waals surface area contributed by atoms with E-state index in [-0.39, 0.29) is 11.6 Å². The second kappa shape index (κ2) is 7.27. The minimum absolute atomic E-state index is 0.227. The van der Waals surface area contributed by atoms with Gasteiger partial charge >= 0.3 is 0 Å². The molecule has 0 unspecified atom stereocenters. The zero-order valence-corrected chi connectivity index (χ0v) is 13.6. The van der Waals surface area contributed by atoms with Crippen LogP contribution in [0.5, 0.6) is 0 Å². The molecule has 1 aromatic heterocycles. The molecule has 1 aliphatic rings. The van der Waals surface area contributed by atoms with Crippen molar-refractivity contribution in [3.63, 3.8) is 0 Å². The van der Waals surface area contributed by atoms with Crippen LogP contribution in [0.2, 0.25) is 5.02 Å². The lowest BCUT2D eigenvalue weighted by Gasteiger charge is -2.33. The third kappa shape index (κ3) is 3.80. The average Bonchev–Trinajstić information content (AvgIpc) is 2.62. The predicted molar refractivity (Wildman–Crippen MR) is 91.3 cm³/mol. The molecule has 0 bridgehead atoms. The van der Waals surface area contributed by atoms with Gasteiger partial charge in [0, 0.05) is 36.9 Å². The number of benzene rings is 1. The molecule has 0 aliphatic carbocycles. The molecule has 8 heteroatoms. The summed E-state index contributed by atoms with van der Waals surface area (Å²) in [6.45, 7) is 2.70. The maximum absolute atomic E-state index is 12.2. The number of rotatable bonds is 4. The van der Waals surface area contributed by atoms with E-state index in [1.165, 1.54) is 6.20 Å². The normalized spacial score (nSPS) is 14.4. The molecule has 0 spiro atoms. The van der Waals surface area contributed by atoms with Crippen molar-refractivity contribution in [3.8, 4) is 0 Å². The number of hydrogen-bond donors (Lipinski definition) is 1. The number of carbonyl (C=O) groups is 2. The Balaban J connectivity index is 1.64. The minimum Gasteiger partial charge on any atom is -0.352 e. The lowest BCUT2D eigenvalue weighted by atomic mass is 10.3. The van der Waals surface area contributed by atoms with Crippen LogP contribution in [-0.4, -0.2) is 53.4 Å². The van der Waals surface area contributed by atoms with Gasteiger partial charge in [0.05, 0.1) is 12.4 Å². The molecule has 0 atom stereocenters. The van der Waals surface area contributed by atoms with Gasteiger partial charge in [0.25, 0.3) is 5.91 Å². The summed E-state index contributed by atoms with van der Waals surface area (Å²) in [4.78, 5) is 35.1. The molecule has 3 rings (SSSR count). The van der Waals surface area contributed by atoms with Crippen LogP contribution in [0.3, 0.4) is 0 Å². The molecule has 7 nitrogen and oxygen atoms in total. The molecule has 124 valence electrons. The fourth-order valence-electron chi connectivity index (χ4n) is 2.42. The number of nitrogens with one attached hydrogen (secondary N) is 1. The van der Waals surface area contributed by atoms with E-state index >= 15 is 0 Å². The van der Waals surface area contributed by atoms with E-state index in [1.54, 1.807) is 35.4 Å². The summed E-state index contributed by atoms with van der Waals surface area (Å²) in [5.74, 6) is 0.349. The zero-order chi connectivity index (χ0) is 16.9. The van der Waals surface area contributed by atoms with E-state index in [4.69, 9.17) is 11.6 Å². The molecule has 2 amide bonds. The first-order valence-electron chi connectivity index (χ1n) is 7.49. The molecular formula is C16H16ClN5O2. The van der Waals surface area contributed by atoms with Crippen LogP contribution < -0.4 is 10.2 Å². The smallest absolute Gasteiger partial charge is 0.275 e. The molecule has 2 aromatic rings. The van der Waals surface area contributed by atoms with Crippen LogP contribution in [0.1, 0.15) is 10.5 Å². The Morgan fingerprint density at radius 3 is 2.58 bits per heavy atom. The Hall–Kier alpha value is -2.67. The highest BCUT2D eigenvalue weighted by molar-refractivity contribution is 6.30.